The van der Waals surface area contributed by atoms with Crippen LogP contribution in [0.25, 0.3) is 0 Å². The molecule has 0 saturated carbocycles. The zero-order valence-corrected chi connectivity index (χ0v) is 16.9. The number of hydrogen-bond acceptors (Lipinski definition) is 4. The summed E-state index contributed by atoms with van der Waals surface area (Å²) < 4.78 is 5.71. The largest absolute Gasteiger partial charge is 0.479 e. The fourth-order valence-electron chi connectivity index (χ4n) is 2.95. The van der Waals surface area contributed by atoms with Crippen LogP contribution < -0.4 is 15.0 Å². The molecule has 1 fully saturated rings. The van der Waals surface area contributed by atoms with Gasteiger partial charge in [-0.1, -0.05) is 35.3 Å². The van der Waals surface area contributed by atoms with E-state index in [1.54, 1.807) is 25.1 Å². The average Bonchev–Trinajstić information content (AvgIpc) is 2.65. The Morgan fingerprint density at radius 2 is 1.81 bits per heavy atom. The number of likely N-dealkylation sites (N-methyl/N-ethyl adjacent to an activating group) is 1. The van der Waals surface area contributed by atoms with Crippen LogP contribution in [0.3, 0.4) is 0 Å². The van der Waals surface area contributed by atoms with Crippen LogP contribution in [0.5, 0.6) is 5.75 Å². The molecule has 2 aromatic rings. The number of amides is 1. The zero-order chi connectivity index (χ0) is 19.4. The Bertz CT molecular complexity index is 808. The summed E-state index contributed by atoms with van der Waals surface area (Å²) in [6.45, 7) is 5.54. The Labute approximate surface area is 169 Å². The summed E-state index contributed by atoms with van der Waals surface area (Å²) in [4.78, 5) is 17.2. The molecule has 0 radical (unpaired) electrons. The average molecular weight is 408 g/mol. The second-order valence-electron chi connectivity index (χ2n) is 6.63. The van der Waals surface area contributed by atoms with Crippen LogP contribution in [0.15, 0.2) is 42.5 Å². The summed E-state index contributed by atoms with van der Waals surface area (Å²) >= 11 is 12.0. The normalized spacial score (nSPS) is 16.1. The van der Waals surface area contributed by atoms with Gasteiger partial charge in [0.15, 0.2) is 6.10 Å². The van der Waals surface area contributed by atoms with Crippen molar-refractivity contribution in [2.45, 2.75) is 13.0 Å². The molecule has 5 nitrogen and oxygen atoms in total. The van der Waals surface area contributed by atoms with E-state index in [9.17, 15) is 4.79 Å². The van der Waals surface area contributed by atoms with Crippen LogP contribution in [-0.4, -0.2) is 50.1 Å². The Morgan fingerprint density at radius 1 is 1.11 bits per heavy atom. The van der Waals surface area contributed by atoms with Crippen LogP contribution in [0.1, 0.15) is 6.92 Å². The van der Waals surface area contributed by atoms with Crippen molar-refractivity contribution in [3.63, 3.8) is 0 Å². The maximum Gasteiger partial charge on any atom is 0.265 e. The summed E-state index contributed by atoms with van der Waals surface area (Å²) in [6, 6.07) is 12.8. The lowest BCUT2D eigenvalue weighted by molar-refractivity contribution is -0.122. The second kappa shape index (κ2) is 8.83. The maximum atomic E-state index is 12.7. The minimum absolute atomic E-state index is 0.234. The van der Waals surface area contributed by atoms with E-state index >= 15 is 0 Å². The van der Waals surface area contributed by atoms with Gasteiger partial charge in [0.25, 0.3) is 5.91 Å². The van der Waals surface area contributed by atoms with E-state index in [2.05, 4.69) is 22.2 Å². The zero-order valence-electron chi connectivity index (χ0n) is 15.4. The fraction of sp³-hybridized carbons (Fsp3) is 0.350. The Balaban J connectivity index is 1.68. The molecule has 7 heteroatoms. The van der Waals surface area contributed by atoms with Crippen molar-refractivity contribution in [1.29, 1.82) is 0 Å². The molecule has 0 bridgehead atoms. The van der Waals surface area contributed by atoms with Gasteiger partial charge in [0.2, 0.25) is 0 Å². The van der Waals surface area contributed by atoms with E-state index in [0.29, 0.717) is 15.8 Å². The van der Waals surface area contributed by atoms with Crippen molar-refractivity contribution in [2.75, 3.05) is 43.4 Å². The molecule has 27 heavy (non-hydrogen) atoms. The number of rotatable bonds is 5. The summed E-state index contributed by atoms with van der Waals surface area (Å²) in [7, 11) is 2.12. The monoisotopic (exact) mass is 407 g/mol. The molecular formula is C20H23Cl2N3O2. The Morgan fingerprint density at radius 3 is 2.52 bits per heavy atom. The minimum Gasteiger partial charge on any atom is -0.479 e. The van der Waals surface area contributed by atoms with E-state index in [1.807, 2.05) is 24.3 Å². The predicted molar refractivity (Wildman–Crippen MR) is 111 cm³/mol. The highest BCUT2D eigenvalue weighted by molar-refractivity contribution is 6.35. The van der Waals surface area contributed by atoms with E-state index < -0.39 is 6.10 Å². The van der Waals surface area contributed by atoms with Gasteiger partial charge in [-0.25, -0.2) is 0 Å². The minimum atomic E-state index is -0.704. The summed E-state index contributed by atoms with van der Waals surface area (Å²) in [5, 5.41) is 3.88. The second-order valence-corrected chi connectivity index (χ2v) is 7.48. The molecule has 1 heterocycles. The quantitative estimate of drug-likeness (QED) is 0.808. The molecule has 0 spiro atoms. The first-order valence-electron chi connectivity index (χ1n) is 8.89. The maximum absolute atomic E-state index is 12.7. The van der Waals surface area contributed by atoms with Gasteiger partial charge in [0.05, 0.1) is 16.4 Å². The molecule has 0 unspecified atom stereocenters. The van der Waals surface area contributed by atoms with Crippen LogP contribution in [-0.2, 0) is 4.79 Å². The molecule has 1 saturated heterocycles. The van der Waals surface area contributed by atoms with Gasteiger partial charge in [0.1, 0.15) is 5.75 Å². The Kier molecular flexibility index (Phi) is 6.47. The SMILES string of the molecule is C[C@H](Oc1ccc(Cl)cc1Cl)C(=O)Nc1ccccc1N1CCN(C)CC1. The van der Waals surface area contributed by atoms with Crippen molar-refractivity contribution in [2.24, 2.45) is 0 Å². The van der Waals surface area contributed by atoms with Crippen LogP contribution >= 0.6 is 23.2 Å². The number of hydrogen-bond donors (Lipinski definition) is 1. The van der Waals surface area contributed by atoms with Gasteiger partial charge in [0, 0.05) is 31.2 Å². The Hall–Kier alpha value is -1.95. The third-order valence-electron chi connectivity index (χ3n) is 4.57. The first kappa shape index (κ1) is 19.8. The van der Waals surface area contributed by atoms with Crippen molar-refractivity contribution in [3.05, 3.63) is 52.5 Å². The molecular weight excluding hydrogens is 385 g/mol. The third kappa shape index (κ3) is 5.06. The number of para-hydroxylation sites is 2. The lowest BCUT2D eigenvalue weighted by Crippen LogP contribution is -2.44. The molecule has 2 aromatic carbocycles. The number of halogens is 2. The number of benzene rings is 2. The number of ether oxygens (including phenoxy) is 1. The molecule has 1 aliphatic heterocycles. The van der Waals surface area contributed by atoms with Crippen molar-refractivity contribution in [1.82, 2.24) is 4.90 Å². The van der Waals surface area contributed by atoms with E-state index in [1.165, 1.54) is 0 Å². The lowest BCUT2D eigenvalue weighted by Gasteiger charge is -2.35. The fourth-order valence-corrected chi connectivity index (χ4v) is 3.40. The van der Waals surface area contributed by atoms with Gasteiger partial charge in [-0.15, -0.1) is 0 Å². The number of piperazine rings is 1. The molecule has 1 atom stereocenters. The van der Waals surface area contributed by atoms with Crippen molar-refractivity contribution < 1.29 is 9.53 Å². The van der Waals surface area contributed by atoms with Gasteiger partial charge < -0.3 is 19.9 Å². The number of carbonyl (C=O) groups is 1. The lowest BCUT2D eigenvalue weighted by atomic mass is 10.2. The molecule has 3 rings (SSSR count). The molecule has 0 aliphatic carbocycles. The van der Waals surface area contributed by atoms with Crippen LogP contribution in [0.4, 0.5) is 11.4 Å². The summed E-state index contributed by atoms with van der Waals surface area (Å²) in [6.07, 6.45) is -0.704. The first-order chi connectivity index (χ1) is 12.9. The smallest absolute Gasteiger partial charge is 0.265 e. The predicted octanol–water partition coefficient (Wildman–Crippen LogP) is 4.15. The number of anilines is 2. The molecule has 1 N–H and O–H groups in total. The van der Waals surface area contributed by atoms with Gasteiger partial charge in [-0.3, -0.25) is 4.79 Å². The van der Waals surface area contributed by atoms with Gasteiger partial charge in [-0.05, 0) is 44.3 Å². The first-order valence-corrected chi connectivity index (χ1v) is 9.64. The standard InChI is InChI=1S/C20H23Cl2N3O2/c1-14(27-19-8-7-15(21)13-16(19)22)20(26)23-17-5-3-4-6-18(17)25-11-9-24(2)10-12-25/h3-8,13-14H,9-12H2,1-2H3,(H,23,26)/t14-/m0/s1. The number of carbonyl (C=O) groups excluding carboxylic acids is 1. The third-order valence-corrected chi connectivity index (χ3v) is 5.10. The highest BCUT2D eigenvalue weighted by atomic mass is 35.5. The van der Waals surface area contributed by atoms with E-state index in [-0.39, 0.29) is 5.91 Å². The molecule has 0 aromatic heterocycles. The topological polar surface area (TPSA) is 44.8 Å². The van der Waals surface area contributed by atoms with Gasteiger partial charge >= 0.3 is 0 Å². The van der Waals surface area contributed by atoms with Crippen molar-refractivity contribution >= 4 is 40.5 Å². The highest BCUT2D eigenvalue weighted by Gasteiger charge is 2.21. The number of nitrogens with one attached hydrogen (secondary N) is 1. The van der Waals surface area contributed by atoms with Crippen LogP contribution in [0.2, 0.25) is 10.0 Å². The van der Waals surface area contributed by atoms with Gasteiger partial charge in [-0.2, -0.15) is 0 Å². The van der Waals surface area contributed by atoms with E-state index in [0.717, 1.165) is 37.6 Å². The van der Waals surface area contributed by atoms with E-state index in [4.69, 9.17) is 27.9 Å². The van der Waals surface area contributed by atoms with Crippen LogP contribution in [0, 0.1) is 0 Å². The van der Waals surface area contributed by atoms with Crippen molar-refractivity contribution in [3.8, 4) is 5.75 Å². The molecule has 1 amide bonds. The molecule has 1 aliphatic rings. The summed E-state index contributed by atoms with van der Waals surface area (Å²) in [5.74, 6) is 0.193. The highest BCUT2D eigenvalue weighted by Crippen LogP contribution is 2.29. The molecule has 144 valence electrons. The number of nitrogens with zero attached hydrogens (tertiary/aromatic N) is 2. The summed E-state index contributed by atoms with van der Waals surface area (Å²) in [5.41, 5.74) is 1.81.